The molecule has 0 saturated heterocycles. The van der Waals surface area contributed by atoms with Gasteiger partial charge in [0.2, 0.25) is 0 Å². The molecule has 0 amide bonds. The first-order valence-corrected chi connectivity index (χ1v) is 6.28. The van der Waals surface area contributed by atoms with Gasteiger partial charge in [0, 0.05) is 16.1 Å². The molecule has 5 heteroatoms. The van der Waals surface area contributed by atoms with Gasteiger partial charge < -0.3 is 5.11 Å². The van der Waals surface area contributed by atoms with Gasteiger partial charge in [0.05, 0.1) is 0 Å². The first-order valence-electron chi connectivity index (χ1n) is 5.48. The van der Waals surface area contributed by atoms with Gasteiger partial charge in [0.1, 0.15) is 11.9 Å². The predicted molar refractivity (Wildman–Crippen MR) is 69.3 cm³/mol. The van der Waals surface area contributed by atoms with E-state index in [9.17, 15) is 18.3 Å². The van der Waals surface area contributed by atoms with Gasteiger partial charge in [-0.2, -0.15) is 0 Å². The standard InChI is InChI=1S/C14H10BrF3O/c1-7-2-3-8(4-10(7)15)14(19)9-5-12(17)13(18)6-11(9)16/h2-6,14,19H,1H3. The van der Waals surface area contributed by atoms with Crippen molar-refractivity contribution in [2.24, 2.45) is 0 Å². The lowest BCUT2D eigenvalue weighted by atomic mass is 10.00. The summed E-state index contributed by atoms with van der Waals surface area (Å²) in [5.74, 6) is -3.46. The molecule has 0 aliphatic heterocycles. The number of hydrogen-bond donors (Lipinski definition) is 1. The van der Waals surface area contributed by atoms with Gasteiger partial charge in [0.15, 0.2) is 11.6 Å². The molecule has 0 aromatic heterocycles. The van der Waals surface area contributed by atoms with Gasteiger partial charge >= 0.3 is 0 Å². The van der Waals surface area contributed by atoms with Gasteiger partial charge in [-0.05, 0) is 30.2 Å². The highest BCUT2D eigenvalue weighted by molar-refractivity contribution is 9.10. The molecule has 0 bridgehead atoms. The van der Waals surface area contributed by atoms with Crippen molar-refractivity contribution in [2.45, 2.75) is 13.0 Å². The van der Waals surface area contributed by atoms with Crippen LogP contribution in [0.15, 0.2) is 34.8 Å². The third-order valence-electron chi connectivity index (χ3n) is 2.85. The van der Waals surface area contributed by atoms with Crippen LogP contribution in [0, 0.1) is 24.4 Å². The van der Waals surface area contributed by atoms with Crippen molar-refractivity contribution in [2.75, 3.05) is 0 Å². The van der Waals surface area contributed by atoms with Crippen molar-refractivity contribution in [3.63, 3.8) is 0 Å². The maximum absolute atomic E-state index is 13.6. The van der Waals surface area contributed by atoms with Crippen LogP contribution in [0.25, 0.3) is 0 Å². The average Bonchev–Trinajstić information content (AvgIpc) is 2.36. The van der Waals surface area contributed by atoms with Crippen LogP contribution < -0.4 is 0 Å². The third kappa shape index (κ3) is 2.82. The molecule has 1 N–H and O–H groups in total. The van der Waals surface area contributed by atoms with E-state index in [2.05, 4.69) is 15.9 Å². The monoisotopic (exact) mass is 330 g/mol. The number of aliphatic hydroxyl groups is 1. The smallest absolute Gasteiger partial charge is 0.161 e. The summed E-state index contributed by atoms with van der Waals surface area (Å²) in [6.07, 6.45) is -1.35. The third-order valence-corrected chi connectivity index (χ3v) is 3.70. The molecule has 2 aromatic rings. The number of benzene rings is 2. The van der Waals surface area contributed by atoms with E-state index in [1.807, 2.05) is 6.92 Å². The molecule has 1 atom stereocenters. The highest BCUT2D eigenvalue weighted by atomic mass is 79.9. The van der Waals surface area contributed by atoms with Gasteiger partial charge in [-0.25, -0.2) is 13.2 Å². The highest BCUT2D eigenvalue weighted by Crippen LogP contribution is 2.29. The Hall–Kier alpha value is -1.33. The Morgan fingerprint density at radius 3 is 2.26 bits per heavy atom. The number of rotatable bonds is 2. The van der Waals surface area contributed by atoms with Gasteiger partial charge in [-0.1, -0.05) is 28.1 Å². The van der Waals surface area contributed by atoms with Crippen molar-refractivity contribution < 1.29 is 18.3 Å². The Morgan fingerprint density at radius 1 is 1.00 bits per heavy atom. The van der Waals surface area contributed by atoms with Crippen LogP contribution in [0.3, 0.4) is 0 Å². The van der Waals surface area contributed by atoms with E-state index in [4.69, 9.17) is 0 Å². The molecular formula is C14H10BrF3O. The molecule has 0 aliphatic carbocycles. The molecule has 0 saturated carbocycles. The molecule has 0 fully saturated rings. The van der Waals surface area contributed by atoms with Crippen LogP contribution in [0.4, 0.5) is 13.2 Å². The molecule has 0 heterocycles. The predicted octanol–water partition coefficient (Wildman–Crippen LogP) is 4.26. The fourth-order valence-electron chi connectivity index (χ4n) is 1.71. The Kier molecular flexibility index (Phi) is 3.96. The second-order valence-electron chi connectivity index (χ2n) is 4.20. The summed E-state index contributed by atoms with van der Waals surface area (Å²) in [5, 5.41) is 10.1. The second kappa shape index (κ2) is 5.35. The van der Waals surface area contributed by atoms with Crippen molar-refractivity contribution in [1.29, 1.82) is 0 Å². The van der Waals surface area contributed by atoms with E-state index < -0.39 is 23.6 Å². The number of aliphatic hydroxyl groups excluding tert-OH is 1. The van der Waals surface area contributed by atoms with E-state index in [1.54, 1.807) is 18.2 Å². The van der Waals surface area contributed by atoms with E-state index in [0.717, 1.165) is 10.0 Å². The van der Waals surface area contributed by atoms with Crippen molar-refractivity contribution in [3.8, 4) is 0 Å². The zero-order valence-corrected chi connectivity index (χ0v) is 11.5. The minimum absolute atomic E-state index is 0.297. The number of aryl methyl sites for hydroxylation is 1. The van der Waals surface area contributed by atoms with Gasteiger partial charge in [0.25, 0.3) is 0 Å². The Labute approximate surface area is 116 Å². The van der Waals surface area contributed by atoms with Crippen LogP contribution in [0.2, 0.25) is 0 Å². The van der Waals surface area contributed by atoms with Crippen LogP contribution in [-0.4, -0.2) is 5.11 Å². The highest BCUT2D eigenvalue weighted by Gasteiger charge is 2.18. The molecule has 0 radical (unpaired) electrons. The van der Waals surface area contributed by atoms with Crippen molar-refractivity contribution >= 4 is 15.9 Å². The zero-order valence-electron chi connectivity index (χ0n) is 9.92. The summed E-state index contributed by atoms with van der Waals surface area (Å²) in [7, 11) is 0. The van der Waals surface area contributed by atoms with Gasteiger partial charge in [-0.3, -0.25) is 0 Å². The fourth-order valence-corrected chi connectivity index (χ4v) is 2.10. The van der Waals surface area contributed by atoms with Gasteiger partial charge in [-0.15, -0.1) is 0 Å². The molecule has 100 valence electrons. The Bertz CT molecular complexity index is 628. The molecule has 1 nitrogen and oxygen atoms in total. The molecule has 0 spiro atoms. The first-order chi connectivity index (χ1) is 8.90. The molecule has 1 unspecified atom stereocenters. The SMILES string of the molecule is Cc1ccc(C(O)c2cc(F)c(F)cc2F)cc1Br. The van der Waals surface area contributed by atoms with Crippen molar-refractivity contribution in [3.05, 3.63) is 68.9 Å². The summed E-state index contributed by atoms with van der Waals surface area (Å²) in [6.45, 7) is 1.86. The topological polar surface area (TPSA) is 20.2 Å². The quantitative estimate of drug-likeness (QED) is 0.816. The summed E-state index contributed by atoms with van der Waals surface area (Å²) in [4.78, 5) is 0. The maximum Gasteiger partial charge on any atom is 0.161 e. The first kappa shape index (κ1) is 14.1. The normalized spacial score (nSPS) is 12.5. The molecule has 0 aliphatic rings. The van der Waals surface area contributed by atoms with Crippen LogP contribution in [-0.2, 0) is 0 Å². The lowest BCUT2D eigenvalue weighted by Gasteiger charge is -2.14. The van der Waals surface area contributed by atoms with E-state index in [1.165, 1.54) is 0 Å². The molecular weight excluding hydrogens is 321 g/mol. The largest absolute Gasteiger partial charge is 0.384 e. The summed E-state index contributed by atoms with van der Waals surface area (Å²) in [5.41, 5.74) is 1.04. The summed E-state index contributed by atoms with van der Waals surface area (Å²) in [6, 6.07) is 6.05. The fraction of sp³-hybridized carbons (Fsp3) is 0.143. The van der Waals surface area contributed by atoms with Crippen LogP contribution in [0.5, 0.6) is 0 Å². The lowest BCUT2D eigenvalue weighted by molar-refractivity contribution is 0.213. The van der Waals surface area contributed by atoms with Crippen molar-refractivity contribution in [1.82, 2.24) is 0 Å². The zero-order chi connectivity index (χ0) is 14.2. The maximum atomic E-state index is 13.6. The minimum Gasteiger partial charge on any atom is -0.384 e. The number of hydrogen-bond acceptors (Lipinski definition) is 1. The minimum atomic E-state index is -1.35. The summed E-state index contributed by atoms with van der Waals surface area (Å²) < 4.78 is 40.3. The number of halogens is 4. The van der Waals surface area contributed by atoms with E-state index in [0.29, 0.717) is 17.7 Å². The Morgan fingerprint density at radius 2 is 1.63 bits per heavy atom. The Balaban J connectivity index is 2.46. The van der Waals surface area contributed by atoms with Crippen LogP contribution >= 0.6 is 15.9 Å². The molecule has 2 rings (SSSR count). The van der Waals surface area contributed by atoms with Crippen LogP contribution in [0.1, 0.15) is 22.8 Å². The van der Waals surface area contributed by atoms with E-state index >= 15 is 0 Å². The van der Waals surface area contributed by atoms with E-state index in [-0.39, 0.29) is 5.56 Å². The lowest BCUT2D eigenvalue weighted by Crippen LogP contribution is -2.05. The summed E-state index contributed by atoms with van der Waals surface area (Å²) >= 11 is 3.29. The average molecular weight is 331 g/mol. The molecule has 2 aromatic carbocycles. The second-order valence-corrected chi connectivity index (χ2v) is 5.05. The molecule has 19 heavy (non-hydrogen) atoms.